The molecular formula is C21H24ClNO3S. The predicted octanol–water partition coefficient (Wildman–Crippen LogP) is 4.38. The van der Waals surface area contributed by atoms with Gasteiger partial charge >= 0.3 is 0 Å². The number of carbonyl (C=O) groups excluding carboxylic acids is 1. The summed E-state index contributed by atoms with van der Waals surface area (Å²) >= 11 is 5.99. The summed E-state index contributed by atoms with van der Waals surface area (Å²) < 4.78 is 25.0. The van der Waals surface area contributed by atoms with Crippen LogP contribution in [0, 0.1) is 0 Å². The number of halogens is 1. The second-order valence-electron chi connectivity index (χ2n) is 7.14. The van der Waals surface area contributed by atoms with Gasteiger partial charge in [-0.3, -0.25) is 4.79 Å². The molecule has 0 aromatic heterocycles. The van der Waals surface area contributed by atoms with Crippen LogP contribution in [0.25, 0.3) is 0 Å². The van der Waals surface area contributed by atoms with Gasteiger partial charge in [0.05, 0.1) is 16.2 Å². The van der Waals surface area contributed by atoms with Gasteiger partial charge in [0.2, 0.25) is 0 Å². The molecule has 1 aliphatic carbocycles. The highest BCUT2D eigenvalue weighted by atomic mass is 35.5. The molecule has 1 amide bonds. The van der Waals surface area contributed by atoms with Crippen molar-refractivity contribution in [2.24, 2.45) is 0 Å². The van der Waals surface area contributed by atoms with Crippen molar-refractivity contribution in [1.29, 1.82) is 0 Å². The van der Waals surface area contributed by atoms with E-state index in [0.717, 1.165) is 24.8 Å². The van der Waals surface area contributed by atoms with Crippen molar-refractivity contribution in [3.05, 3.63) is 64.7 Å². The molecule has 0 spiro atoms. The highest BCUT2D eigenvalue weighted by Gasteiger charge is 2.39. The Labute approximate surface area is 165 Å². The Bertz CT molecular complexity index is 919. The number of hydrogen-bond donors (Lipinski definition) is 1. The van der Waals surface area contributed by atoms with Crippen LogP contribution in [0.2, 0.25) is 5.02 Å². The SMILES string of the molecule is CCCS(=O)(=O)c1ccccc1C(=O)NCC1(c2ccc(Cl)cc2)CCC1. The van der Waals surface area contributed by atoms with E-state index in [-0.39, 0.29) is 27.5 Å². The van der Waals surface area contributed by atoms with Crippen molar-refractivity contribution < 1.29 is 13.2 Å². The lowest BCUT2D eigenvalue weighted by Crippen LogP contribution is -2.45. The minimum atomic E-state index is -3.46. The molecule has 2 aromatic carbocycles. The minimum absolute atomic E-state index is 0.0337. The van der Waals surface area contributed by atoms with Crippen LogP contribution >= 0.6 is 11.6 Å². The highest BCUT2D eigenvalue weighted by molar-refractivity contribution is 7.91. The van der Waals surface area contributed by atoms with Gasteiger partial charge in [0.25, 0.3) is 5.91 Å². The summed E-state index contributed by atoms with van der Waals surface area (Å²) in [6.45, 7) is 2.29. The number of benzene rings is 2. The Kier molecular flexibility index (Phi) is 5.92. The van der Waals surface area contributed by atoms with E-state index in [1.165, 1.54) is 6.07 Å². The first-order valence-corrected chi connectivity index (χ1v) is 11.3. The molecule has 27 heavy (non-hydrogen) atoms. The maximum absolute atomic E-state index is 12.8. The fourth-order valence-electron chi connectivity index (χ4n) is 3.62. The second-order valence-corrected chi connectivity index (χ2v) is 9.65. The van der Waals surface area contributed by atoms with E-state index < -0.39 is 9.84 Å². The number of nitrogens with one attached hydrogen (secondary N) is 1. The van der Waals surface area contributed by atoms with E-state index in [1.807, 2.05) is 31.2 Å². The molecule has 0 bridgehead atoms. The third kappa shape index (κ3) is 4.19. The summed E-state index contributed by atoms with van der Waals surface area (Å²) in [5, 5.41) is 3.66. The van der Waals surface area contributed by atoms with E-state index >= 15 is 0 Å². The molecule has 1 aliphatic rings. The van der Waals surface area contributed by atoms with Gasteiger partial charge in [-0.15, -0.1) is 0 Å². The summed E-state index contributed by atoms with van der Waals surface area (Å²) in [5.41, 5.74) is 1.28. The van der Waals surface area contributed by atoms with Crippen molar-refractivity contribution in [2.75, 3.05) is 12.3 Å². The van der Waals surface area contributed by atoms with Crippen LogP contribution in [0.4, 0.5) is 0 Å². The Morgan fingerprint density at radius 2 is 1.78 bits per heavy atom. The number of rotatable bonds is 7. The van der Waals surface area contributed by atoms with Gasteiger partial charge in [0.15, 0.2) is 9.84 Å². The number of amides is 1. The minimum Gasteiger partial charge on any atom is -0.351 e. The first-order chi connectivity index (χ1) is 12.9. The number of carbonyl (C=O) groups is 1. The molecule has 0 unspecified atom stereocenters. The van der Waals surface area contributed by atoms with Gasteiger partial charge < -0.3 is 5.32 Å². The van der Waals surface area contributed by atoms with Crippen LogP contribution in [0.15, 0.2) is 53.4 Å². The third-order valence-corrected chi connectivity index (χ3v) is 7.52. The summed E-state index contributed by atoms with van der Waals surface area (Å²) in [6, 6.07) is 14.2. The average Bonchev–Trinajstić information content (AvgIpc) is 2.62. The van der Waals surface area contributed by atoms with Crippen molar-refractivity contribution in [3.8, 4) is 0 Å². The zero-order valence-corrected chi connectivity index (χ0v) is 16.9. The zero-order chi connectivity index (χ0) is 19.5. The molecule has 4 nitrogen and oxygen atoms in total. The number of hydrogen-bond acceptors (Lipinski definition) is 3. The molecule has 1 fully saturated rings. The van der Waals surface area contributed by atoms with E-state index in [0.29, 0.717) is 18.0 Å². The fraction of sp³-hybridized carbons (Fsp3) is 0.381. The third-order valence-electron chi connectivity index (χ3n) is 5.29. The lowest BCUT2D eigenvalue weighted by molar-refractivity contribution is 0.0924. The van der Waals surface area contributed by atoms with Crippen LogP contribution in [0.5, 0.6) is 0 Å². The quantitative estimate of drug-likeness (QED) is 0.743. The van der Waals surface area contributed by atoms with Gasteiger partial charge in [-0.05, 0) is 49.1 Å². The van der Waals surface area contributed by atoms with E-state index in [4.69, 9.17) is 11.6 Å². The molecule has 0 heterocycles. The molecule has 1 N–H and O–H groups in total. The molecule has 0 atom stereocenters. The van der Waals surface area contributed by atoms with Gasteiger partial charge in [0.1, 0.15) is 0 Å². The van der Waals surface area contributed by atoms with Gasteiger partial charge in [-0.1, -0.05) is 49.2 Å². The van der Waals surface area contributed by atoms with E-state index in [1.54, 1.807) is 18.2 Å². The summed E-state index contributed by atoms with van der Waals surface area (Å²) in [4.78, 5) is 12.9. The Morgan fingerprint density at radius 3 is 2.37 bits per heavy atom. The molecule has 0 radical (unpaired) electrons. The molecule has 0 saturated heterocycles. The molecule has 0 aliphatic heterocycles. The van der Waals surface area contributed by atoms with Crippen molar-refractivity contribution >= 4 is 27.3 Å². The first kappa shape index (κ1) is 19.9. The summed E-state index contributed by atoms with van der Waals surface area (Å²) in [5.74, 6) is -0.308. The number of sulfone groups is 1. The van der Waals surface area contributed by atoms with Crippen LogP contribution in [0.3, 0.4) is 0 Å². The average molecular weight is 406 g/mol. The monoisotopic (exact) mass is 405 g/mol. The van der Waals surface area contributed by atoms with E-state index in [2.05, 4.69) is 5.32 Å². The molecule has 144 valence electrons. The zero-order valence-electron chi connectivity index (χ0n) is 15.4. The molecular weight excluding hydrogens is 382 g/mol. The predicted molar refractivity (Wildman–Crippen MR) is 108 cm³/mol. The van der Waals surface area contributed by atoms with Crippen LogP contribution in [-0.4, -0.2) is 26.6 Å². The maximum Gasteiger partial charge on any atom is 0.252 e. The topological polar surface area (TPSA) is 63.2 Å². The van der Waals surface area contributed by atoms with Crippen LogP contribution in [0.1, 0.15) is 48.5 Å². The lowest BCUT2D eigenvalue weighted by atomic mass is 9.64. The van der Waals surface area contributed by atoms with Gasteiger partial charge in [0, 0.05) is 17.0 Å². The maximum atomic E-state index is 12.8. The fourth-order valence-corrected chi connectivity index (χ4v) is 5.29. The van der Waals surface area contributed by atoms with Crippen LogP contribution in [-0.2, 0) is 15.3 Å². The van der Waals surface area contributed by atoms with Crippen molar-refractivity contribution in [3.63, 3.8) is 0 Å². The first-order valence-electron chi connectivity index (χ1n) is 9.24. The summed E-state index contributed by atoms with van der Waals surface area (Å²) in [7, 11) is -3.46. The van der Waals surface area contributed by atoms with Crippen molar-refractivity contribution in [2.45, 2.75) is 42.9 Å². The largest absolute Gasteiger partial charge is 0.351 e. The van der Waals surface area contributed by atoms with Crippen molar-refractivity contribution in [1.82, 2.24) is 5.32 Å². The van der Waals surface area contributed by atoms with Crippen LogP contribution < -0.4 is 5.32 Å². The Morgan fingerprint density at radius 1 is 1.11 bits per heavy atom. The Hall–Kier alpha value is -1.85. The molecule has 2 aromatic rings. The molecule has 6 heteroatoms. The molecule has 3 rings (SSSR count). The summed E-state index contributed by atoms with van der Waals surface area (Å²) in [6.07, 6.45) is 3.60. The smallest absolute Gasteiger partial charge is 0.252 e. The second kappa shape index (κ2) is 8.03. The lowest BCUT2D eigenvalue weighted by Gasteiger charge is -2.42. The molecule has 1 saturated carbocycles. The highest BCUT2D eigenvalue weighted by Crippen LogP contribution is 2.43. The van der Waals surface area contributed by atoms with Gasteiger partial charge in [-0.2, -0.15) is 0 Å². The Balaban J connectivity index is 1.79. The van der Waals surface area contributed by atoms with Gasteiger partial charge in [-0.25, -0.2) is 8.42 Å². The normalized spacial score (nSPS) is 15.8. The standard InChI is InChI=1S/C21H24ClNO3S/c1-2-14-27(25,26)19-7-4-3-6-18(19)20(24)23-15-21(12-5-13-21)16-8-10-17(22)11-9-16/h3-4,6-11H,2,5,12-15H2,1H3,(H,23,24). The van der Waals surface area contributed by atoms with E-state index in [9.17, 15) is 13.2 Å².